The predicted octanol–water partition coefficient (Wildman–Crippen LogP) is 6.23. The summed E-state index contributed by atoms with van der Waals surface area (Å²) in [6.45, 7) is 2.86. The molecule has 1 atom stereocenters. The second-order valence-corrected chi connectivity index (χ2v) is 9.65. The third kappa shape index (κ3) is 5.04. The highest BCUT2D eigenvalue weighted by molar-refractivity contribution is 5.67. The molecule has 0 amide bonds. The first kappa shape index (κ1) is 21.9. The fourth-order valence-corrected chi connectivity index (χ4v) is 5.36. The molecule has 5 rings (SSSR count). The lowest BCUT2D eigenvalue weighted by atomic mass is 9.79. The lowest BCUT2D eigenvalue weighted by Crippen LogP contribution is -2.44. The van der Waals surface area contributed by atoms with E-state index in [1.54, 1.807) is 0 Å². The molecule has 0 aromatic heterocycles. The van der Waals surface area contributed by atoms with Crippen LogP contribution in [0.5, 0.6) is 5.75 Å². The molecule has 2 aliphatic carbocycles. The van der Waals surface area contributed by atoms with Crippen molar-refractivity contribution in [2.75, 3.05) is 6.61 Å². The van der Waals surface area contributed by atoms with E-state index in [4.69, 9.17) is 4.74 Å². The summed E-state index contributed by atoms with van der Waals surface area (Å²) >= 11 is 0. The zero-order chi connectivity index (χ0) is 22.6. The lowest BCUT2D eigenvalue weighted by molar-refractivity contribution is -0.113. The Morgan fingerprint density at radius 3 is 2.67 bits per heavy atom. The van der Waals surface area contributed by atoms with E-state index in [1.807, 2.05) is 0 Å². The van der Waals surface area contributed by atoms with Crippen LogP contribution in [0, 0.1) is 12.8 Å². The van der Waals surface area contributed by atoms with Crippen LogP contribution in [0.4, 0.5) is 0 Å². The van der Waals surface area contributed by atoms with Crippen LogP contribution in [0.25, 0.3) is 11.1 Å². The van der Waals surface area contributed by atoms with Gasteiger partial charge in [0, 0.05) is 24.4 Å². The van der Waals surface area contributed by atoms with Gasteiger partial charge in [0.1, 0.15) is 12.0 Å². The number of ether oxygens (including phenoxy) is 1. The van der Waals surface area contributed by atoms with Crippen LogP contribution in [0.2, 0.25) is 0 Å². The highest BCUT2D eigenvalue weighted by atomic mass is 16.5. The molecular weight excluding hydrogens is 406 g/mol. The number of benzene rings is 3. The van der Waals surface area contributed by atoms with E-state index in [2.05, 4.69) is 79.0 Å². The van der Waals surface area contributed by atoms with E-state index in [9.17, 15) is 4.79 Å². The van der Waals surface area contributed by atoms with Crippen LogP contribution >= 0.6 is 0 Å². The van der Waals surface area contributed by atoms with Gasteiger partial charge in [-0.1, -0.05) is 54.6 Å². The van der Waals surface area contributed by atoms with Crippen molar-refractivity contribution in [3.63, 3.8) is 0 Å². The van der Waals surface area contributed by atoms with Crippen LogP contribution in [-0.2, 0) is 17.6 Å². The molecule has 33 heavy (non-hydrogen) atoms. The van der Waals surface area contributed by atoms with Crippen LogP contribution in [0.1, 0.15) is 54.0 Å². The van der Waals surface area contributed by atoms with Crippen molar-refractivity contribution in [1.82, 2.24) is 5.32 Å². The molecule has 3 nitrogen and oxygen atoms in total. The summed E-state index contributed by atoms with van der Waals surface area (Å²) in [5, 5.41) is 3.78. The van der Waals surface area contributed by atoms with Crippen molar-refractivity contribution in [3.8, 4) is 16.9 Å². The number of hydrogen-bond acceptors (Lipinski definition) is 3. The molecule has 0 aliphatic heterocycles. The topological polar surface area (TPSA) is 38.3 Å². The first-order chi connectivity index (χ1) is 16.2. The van der Waals surface area contributed by atoms with Gasteiger partial charge in [-0.05, 0) is 84.5 Å². The average molecular weight is 440 g/mol. The molecule has 0 bridgehead atoms. The molecule has 2 aliphatic rings. The Balaban J connectivity index is 1.17. The third-order valence-corrected chi connectivity index (χ3v) is 7.27. The molecule has 1 saturated carbocycles. The molecule has 0 saturated heterocycles. The molecule has 0 spiro atoms. The molecule has 1 unspecified atom stereocenters. The number of carbonyl (C=O) groups excluding carboxylic acids is 1. The smallest absolute Gasteiger partial charge is 0.123 e. The second kappa shape index (κ2) is 9.93. The van der Waals surface area contributed by atoms with E-state index >= 15 is 0 Å². The highest BCUT2D eigenvalue weighted by Gasteiger charge is 2.31. The summed E-state index contributed by atoms with van der Waals surface area (Å²) in [5.74, 6) is 1.23. The second-order valence-electron chi connectivity index (χ2n) is 9.65. The van der Waals surface area contributed by atoms with Crippen molar-refractivity contribution >= 4 is 6.29 Å². The number of rotatable bonds is 8. The zero-order valence-electron chi connectivity index (χ0n) is 19.4. The van der Waals surface area contributed by atoms with E-state index in [0.29, 0.717) is 18.7 Å². The molecule has 3 aromatic carbocycles. The lowest BCUT2D eigenvalue weighted by Gasteiger charge is -2.37. The van der Waals surface area contributed by atoms with Crippen LogP contribution in [0.15, 0.2) is 66.7 Å². The quantitative estimate of drug-likeness (QED) is 0.423. The number of aryl methyl sites for hydroxylation is 2. The van der Waals surface area contributed by atoms with Gasteiger partial charge in [-0.2, -0.15) is 0 Å². The molecule has 1 N–H and O–H groups in total. The summed E-state index contributed by atoms with van der Waals surface area (Å²) in [6.07, 6.45) is 7.47. The largest absolute Gasteiger partial charge is 0.493 e. The number of fused-ring (bicyclic) bond motifs is 1. The maximum absolute atomic E-state index is 10.9. The maximum Gasteiger partial charge on any atom is 0.123 e. The van der Waals surface area contributed by atoms with Gasteiger partial charge in [0.25, 0.3) is 0 Å². The summed E-state index contributed by atoms with van der Waals surface area (Å²) in [6, 6.07) is 24.8. The fraction of sp³-hybridized carbons (Fsp3) is 0.367. The minimum Gasteiger partial charge on any atom is -0.493 e. The van der Waals surface area contributed by atoms with Crippen molar-refractivity contribution in [3.05, 3.63) is 89.0 Å². The van der Waals surface area contributed by atoms with E-state index in [0.717, 1.165) is 37.7 Å². The normalized spacial score (nSPS) is 21.7. The summed E-state index contributed by atoms with van der Waals surface area (Å²) in [4.78, 5) is 10.9. The Kier molecular flexibility index (Phi) is 6.59. The van der Waals surface area contributed by atoms with Crippen LogP contribution in [-0.4, -0.2) is 18.9 Å². The van der Waals surface area contributed by atoms with E-state index in [-0.39, 0.29) is 5.92 Å². The molecule has 3 heteroatoms. The molecule has 0 radical (unpaired) electrons. The molecule has 1 fully saturated rings. The average Bonchev–Trinajstić information content (AvgIpc) is 2.81. The van der Waals surface area contributed by atoms with Crippen molar-refractivity contribution in [2.45, 2.75) is 57.5 Å². The van der Waals surface area contributed by atoms with Gasteiger partial charge in [-0.15, -0.1) is 0 Å². The minimum atomic E-state index is 0.264. The Morgan fingerprint density at radius 2 is 1.88 bits per heavy atom. The van der Waals surface area contributed by atoms with Crippen LogP contribution in [0.3, 0.4) is 0 Å². The van der Waals surface area contributed by atoms with Crippen LogP contribution < -0.4 is 10.1 Å². The SMILES string of the molecule is Cc1cc(CCOc2ccc3c(c2)CCCC3N[C@H]2C[C@H](C=O)C2)ccc1-c1ccccc1. The Bertz CT molecular complexity index is 1100. The van der Waals surface area contributed by atoms with Crippen molar-refractivity contribution in [2.24, 2.45) is 5.92 Å². The Morgan fingerprint density at radius 1 is 1.03 bits per heavy atom. The first-order valence-electron chi connectivity index (χ1n) is 12.3. The fourth-order valence-electron chi connectivity index (χ4n) is 5.36. The number of hydrogen-bond donors (Lipinski definition) is 1. The zero-order valence-corrected chi connectivity index (χ0v) is 19.4. The number of carbonyl (C=O) groups is 1. The van der Waals surface area contributed by atoms with Gasteiger partial charge in [-0.3, -0.25) is 0 Å². The van der Waals surface area contributed by atoms with Gasteiger partial charge in [0.2, 0.25) is 0 Å². The van der Waals surface area contributed by atoms with E-state index in [1.165, 1.54) is 46.2 Å². The van der Waals surface area contributed by atoms with Gasteiger partial charge in [0.15, 0.2) is 0 Å². The molecule has 0 heterocycles. The van der Waals surface area contributed by atoms with Gasteiger partial charge < -0.3 is 14.8 Å². The van der Waals surface area contributed by atoms with Gasteiger partial charge in [-0.25, -0.2) is 0 Å². The highest BCUT2D eigenvalue weighted by Crippen LogP contribution is 2.35. The monoisotopic (exact) mass is 439 g/mol. The molecule has 170 valence electrons. The van der Waals surface area contributed by atoms with Crippen molar-refractivity contribution < 1.29 is 9.53 Å². The predicted molar refractivity (Wildman–Crippen MR) is 134 cm³/mol. The van der Waals surface area contributed by atoms with Gasteiger partial charge in [0.05, 0.1) is 6.61 Å². The van der Waals surface area contributed by atoms with E-state index < -0.39 is 0 Å². The number of nitrogens with one attached hydrogen (secondary N) is 1. The third-order valence-electron chi connectivity index (χ3n) is 7.27. The first-order valence-corrected chi connectivity index (χ1v) is 12.3. The summed E-state index contributed by atoms with van der Waals surface area (Å²) < 4.78 is 6.15. The van der Waals surface area contributed by atoms with Crippen molar-refractivity contribution in [1.29, 1.82) is 0 Å². The summed E-state index contributed by atoms with van der Waals surface area (Å²) in [7, 11) is 0. The number of aldehydes is 1. The van der Waals surface area contributed by atoms with Gasteiger partial charge >= 0.3 is 0 Å². The Labute approximate surface area is 197 Å². The standard InChI is InChI=1S/C30H33NO2/c1-21-16-22(10-12-28(21)24-6-3-2-4-7-24)14-15-33-27-11-13-29-25(19-27)8-5-9-30(29)31-26-17-23(18-26)20-32/h2-4,6-7,10-13,16,19-20,23,26,30-31H,5,8-9,14-15,17-18H2,1H3/t23-,26-,30?. The molecule has 3 aromatic rings. The maximum atomic E-state index is 10.9. The minimum absolute atomic E-state index is 0.264. The summed E-state index contributed by atoms with van der Waals surface area (Å²) in [5.41, 5.74) is 7.99. The Hall–Kier alpha value is -2.91. The molecular formula is C30H33NO2.